The first-order valence-corrected chi connectivity index (χ1v) is 2.97. The van der Waals surface area contributed by atoms with Crippen LogP contribution in [-0.4, -0.2) is 43.3 Å². The van der Waals surface area contributed by atoms with E-state index in [0.29, 0.717) is 0 Å². The third kappa shape index (κ3) is 0.995. The molecule has 2 amide bonds. The van der Waals surface area contributed by atoms with Crippen molar-refractivity contribution >= 4 is 6.03 Å². The predicted molar refractivity (Wildman–Crippen MR) is 35.5 cm³/mol. The van der Waals surface area contributed by atoms with Crippen molar-refractivity contribution in [2.45, 2.75) is 6.29 Å². The van der Waals surface area contributed by atoms with Crippen molar-refractivity contribution in [1.82, 2.24) is 9.80 Å². The van der Waals surface area contributed by atoms with Gasteiger partial charge in [-0.1, -0.05) is 5.11 Å². The van der Waals surface area contributed by atoms with Crippen LogP contribution in [0, 0.1) is 0 Å². The Labute approximate surface area is 59.3 Å². The molecule has 0 saturated carbocycles. The van der Waals surface area contributed by atoms with Gasteiger partial charge in [0.05, 0.1) is 0 Å². The molecule has 0 aromatic heterocycles. The standard InChI is InChI=1S/C5H10N4O/c1-8(2)4-6-7-5(10)9(4)3/h4H,1-3H3. The molecule has 1 unspecified atom stereocenters. The van der Waals surface area contributed by atoms with Crippen molar-refractivity contribution in [2.75, 3.05) is 21.1 Å². The molecule has 10 heavy (non-hydrogen) atoms. The molecule has 0 aromatic rings. The number of carbonyl (C=O) groups is 1. The Morgan fingerprint density at radius 3 is 2.40 bits per heavy atom. The predicted octanol–water partition coefficient (Wildman–Crippen LogP) is 0.349. The van der Waals surface area contributed by atoms with Crippen LogP contribution >= 0.6 is 0 Å². The first-order valence-electron chi connectivity index (χ1n) is 2.97. The van der Waals surface area contributed by atoms with E-state index in [2.05, 4.69) is 10.2 Å². The van der Waals surface area contributed by atoms with Gasteiger partial charge in [-0.25, -0.2) is 4.79 Å². The highest BCUT2D eigenvalue weighted by molar-refractivity contribution is 5.75. The zero-order chi connectivity index (χ0) is 7.72. The Hall–Kier alpha value is -0.970. The molecule has 0 N–H and O–H groups in total. The molecule has 5 nitrogen and oxygen atoms in total. The second-order valence-electron chi connectivity index (χ2n) is 2.42. The fourth-order valence-electron chi connectivity index (χ4n) is 0.798. The summed E-state index contributed by atoms with van der Waals surface area (Å²) in [6.45, 7) is 0. The molecule has 1 rings (SSSR count). The fourth-order valence-corrected chi connectivity index (χ4v) is 0.798. The van der Waals surface area contributed by atoms with Crippen molar-refractivity contribution in [3.63, 3.8) is 0 Å². The minimum atomic E-state index is -0.279. The summed E-state index contributed by atoms with van der Waals surface area (Å²) in [5, 5.41) is 7.11. The van der Waals surface area contributed by atoms with Crippen LogP contribution < -0.4 is 0 Å². The van der Waals surface area contributed by atoms with E-state index in [4.69, 9.17) is 0 Å². The number of nitrogens with zero attached hydrogens (tertiary/aromatic N) is 4. The number of urea groups is 1. The molecule has 0 aromatic carbocycles. The molecule has 0 fully saturated rings. The Morgan fingerprint density at radius 2 is 2.20 bits per heavy atom. The van der Waals surface area contributed by atoms with E-state index in [0.717, 1.165) is 0 Å². The van der Waals surface area contributed by atoms with Crippen molar-refractivity contribution < 1.29 is 4.79 Å². The van der Waals surface area contributed by atoms with Gasteiger partial charge in [-0.3, -0.25) is 9.80 Å². The molecular formula is C5H10N4O. The van der Waals surface area contributed by atoms with Gasteiger partial charge in [0.2, 0.25) is 6.29 Å². The molecule has 1 aliphatic rings. The van der Waals surface area contributed by atoms with Crippen LogP contribution in [0.2, 0.25) is 0 Å². The first kappa shape index (κ1) is 7.14. The average Bonchev–Trinajstić information content (AvgIpc) is 2.14. The van der Waals surface area contributed by atoms with E-state index in [-0.39, 0.29) is 12.3 Å². The number of hydrogen-bond acceptors (Lipinski definition) is 3. The van der Waals surface area contributed by atoms with Crippen LogP contribution in [0.1, 0.15) is 0 Å². The van der Waals surface area contributed by atoms with Gasteiger partial charge < -0.3 is 0 Å². The maximum Gasteiger partial charge on any atom is 0.364 e. The van der Waals surface area contributed by atoms with Gasteiger partial charge in [0.25, 0.3) is 0 Å². The normalized spacial score (nSPS) is 25.0. The number of carbonyl (C=O) groups excluding carboxylic acids is 1. The summed E-state index contributed by atoms with van der Waals surface area (Å²) in [7, 11) is 5.37. The topological polar surface area (TPSA) is 48.3 Å². The Morgan fingerprint density at radius 1 is 1.60 bits per heavy atom. The molecule has 0 spiro atoms. The number of rotatable bonds is 1. The van der Waals surface area contributed by atoms with Gasteiger partial charge in [0.15, 0.2) is 0 Å². The van der Waals surface area contributed by atoms with Crippen LogP contribution in [0.5, 0.6) is 0 Å². The van der Waals surface area contributed by atoms with E-state index >= 15 is 0 Å². The lowest BCUT2D eigenvalue weighted by Gasteiger charge is -2.21. The highest BCUT2D eigenvalue weighted by Crippen LogP contribution is 2.10. The molecule has 1 aliphatic heterocycles. The molecule has 0 saturated heterocycles. The quantitative estimate of drug-likeness (QED) is 0.530. The second-order valence-corrected chi connectivity index (χ2v) is 2.42. The summed E-state index contributed by atoms with van der Waals surface area (Å²) in [6, 6.07) is -0.279. The third-order valence-electron chi connectivity index (χ3n) is 1.36. The SMILES string of the molecule is CN(C)C1N=NC(=O)N1C. The van der Waals surface area contributed by atoms with Gasteiger partial charge in [0.1, 0.15) is 0 Å². The molecular weight excluding hydrogens is 132 g/mol. The molecule has 0 aliphatic carbocycles. The van der Waals surface area contributed by atoms with Crippen molar-refractivity contribution in [2.24, 2.45) is 10.2 Å². The van der Waals surface area contributed by atoms with Crippen molar-refractivity contribution in [3.8, 4) is 0 Å². The lowest BCUT2D eigenvalue weighted by Crippen LogP contribution is -2.39. The van der Waals surface area contributed by atoms with E-state index in [1.807, 2.05) is 19.0 Å². The lowest BCUT2D eigenvalue weighted by molar-refractivity contribution is 0.150. The summed E-state index contributed by atoms with van der Waals surface area (Å²) in [5.74, 6) is 0. The van der Waals surface area contributed by atoms with Gasteiger partial charge in [-0.05, 0) is 14.1 Å². The smallest absolute Gasteiger partial charge is 0.288 e. The Kier molecular flexibility index (Phi) is 1.67. The van der Waals surface area contributed by atoms with Crippen molar-refractivity contribution in [1.29, 1.82) is 0 Å². The summed E-state index contributed by atoms with van der Waals surface area (Å²) in [6.07, 6.45) is -0.215. The first-order chi connectivity index (χ1) is 4.63. The largest absolute Gasteiger partial charge is 0.364 e. The van der Waals surface area contributed by atoms with E-state index in [9.17, 15) is 4.79 Å². The fraction of sp³-hybridized carbons (Fsp3) is 0.800. The highest BCUT2D eigenvalue weighted by atomic mass is 16.2. The van der Waals surface area contributed by atoms with Gasteiger partial charge in [-0.2, -0.15) is 0 Å². The van der Waals surface area contributed by atoms with Gasteiger partial charge in [-0.15, -0.1) is 5.11 Å². The third-order valence-corrected chi connectivity index (χ3v) is 1.36. The maximum absolute atomic E-state index is 10.7. The summed E-state index contributed by atoms with van der Waals surface area (Å²) >= 11 is 0. The molecule has 1 heterocycles. The van der Waals surface area contributed by atoms with Gasteiger partial charge in [0, 0.05) is 7.05 Å². The lowest BCUT2D eigenvalue weighted by atomic mass is 10.6. The molecule has 5 heteroatoms. The van der Waals surface area contributed by atoms with Gasteiger partial charge >= 0.3 is 6.03 Å². The minimum absolute atomic E-state index is 0.215. The van der Waals surface area contributed by atoms with Crippen LogP contribution in [0.15, 0.2) is 10.2 Å². The highest BCUT2D eigenvalue weighted by Gasteiger charge is 2.26. The number of hydrogen-bond donors (Lipinski definition) is 0. The van der Waals surface area contributed by atoms with Crippen LogP contribution in [0.25, 0.3) is 0 Å². The maximum atomic E-state index is 10.7. The summed E-state index contributed by atoms with van der Waals surface area (Å²) < 4.78 is 0. The van der Waals surface area contributed by atoms with Crippen LogP contribution in [0.3, 0.4) is 0 Å². The summed E-state index contributed by atoms with van der Waals surface area (Å²) in [5.41, 5.74) is 0. The zero-order valence-electron chi connectivity index (χ0n) is 6.27. The molecule has 1 atom stereocenters. The summed E-state index contributed by atoms with van der Waals surface area (Å²) in [4.78, 5) is 14.0. The average molecular weight is 142 g/mol. The molecule has 56 valence electrons. The number of amides is 2. The van der Waals surface area contributed by atoms with Crippen LogP contribution in [-0.2, 0) is 0 Å². The Balaban J connectivity index is 2.66. The monoisotopic (exact) mass is 142 g/mol. The zero-order valence-corrected chi connectivity index (χ0v) is 6.27. The number of azo groups is 1. The van der Waals surface area contributed by atoms with E-state index in [1.165, 1.54) is 4.90 Å². The molecule has 0 radical (unpaired) electrons. The Bertz CT molecular complexity index is 176. The van der Waals surface area contributed by atoms with Crippen LogP contribution in [0.4, 0.5) is 4.79 Å². The van der Waals surface area contributed by atoms with Crippen molar-refractivity contribution in [3.05, 3.63) is 0 Å². The van der Waals surface area contributed by atoms with E-state index < -0.39 is 0 Å². The minimum Gasteiger partial charge on any atom is -0.288 e. The second kappa shape index (κ2) is 2.34. The van der Waals surface area contributed by atoms with E-state index in [1.54, 1.807) is 7.05 Å². The molecule has 0 bridgehead atoms.